The summed E-state index contributed by atoms with van der Waals surface area (Å²) in [5.41, 5.74) is 6.45. The summed E-state index contributed by atoms with van der Waals surface area (Å²) in [5.74, 6) is 0.0486. The van der Waals surface area contributed by atoms with E-state index in [1.165, 1.54) is 0 Å². The highest BCUT2D eigenvalue weighted by atomic mass is 79.9. The molecule has 1 aromatic heterocycles. The Morgan fingerprint density at radius 3 is 2.83 bits per heavy atom. The lowest BCUT2D eigenvalue weighted by Gasteiger charge is -2.13. The fourth-order valence-corrected chi connectivity index (χ4v) is 2.10. The van der Waals surface area contributed by atoms with Crippen LogP contribution in [0.3, 0.4) is 0 Å². The van der Waals surface area contributed by atoms with Crippen molar-refractivity contribution in [3.63, 3.8) is 0 Å². The molecule has 0 aliphatic carbocycles. The summed E-state index contributed by atoms with van der Waals surface area (Å²) in [6.07, 6.45) is 2.83. The quantitative estimate of drug-likeness (QED) is 0.775. The summed E-state index contributed by atoms with van der Waals surface area (Å²) in [6.45, 7) is 3.52. The predicted octanol–water partition coefficient (Wildman–Crippen LogP) is 1.52. The maximum atomic E-state index is 12.2. The van der Waals surface area contributed by atoms with Crippen LogP contribution in [0.25, 0.3) is 0 Å². The number of Topliss-reactive ketones (excluding diaryl/α,β-unsaturated/α-hetero) is 1. The van der Waals surface area contributed by atoms with Gasteiger partial charge in [-0.2, -0.15) is 5.10 Å². The normalized spacial score (nSPS) is 13.0. The zero-order chi connectivity index (χ0) is 13.7. The topological polar surface area (TPSA) is 64.2 Å². The van der Waals surface area contributed by atoms with Crippen molar-refractivity contribution in [1.29, 1.82) is 0 Å². The number of hydrogen-bond donors (Lipinski definition) is 1. The van der Waals surface area contributed by atoms with Gasteiger partial charge in [0.05, 0.1) is 17.2 Å². The van der Waals surface area contributed by atoms with Crippen LogP contribution in [0.4, 0.5) is 0 Å². The van der Waals surface area contributed by atoms with E-state index in [4.69, 9.17) is 5.73 Å². The highest BCUT2D eigenvalue weighted by Gasteiger charge is 2.18. The Kier molecular flexibility index (Phi) is 5.98. The molecule has 1 heterocycles. The molecule has 0 amide bonds. The molecular weight excluding hydrogens is 296 g/mol. The second-order valence-corrected chi connectivity index (χ2v) is 5.52. The highest BCUT2D eigenvalue weighted by Crippen LogP contribution is 2.18. The average Bonchev–Trinajstić information content (AvgIpc) is 2.67. The van der Waals surface area contributed by atoms with Gasteiger partial charge in [0.1, 0.15) is 5.69 Å². The van der Waals surface area contributed by atoms with Gasteiger partial charge in [-0.15, -0.1) is 0 Å². The molecule has 0 aliphatic heterocycles. The van der Waals surface area contributed by atoms with E-state index in [9.17, 15) is 4.79 Å². The Labute approximate surface area is 116 Å². The first-order valence-corrected chi connectivity index (χ1v) is 6.89. The number of nitrogens with zero attached hydrogens (tertiary/aromatic N) is 3. The SMILES string of the molecule is CCC(N)CC(=O)c1c(Br)cnn1CCN(C)C. The van der Waals surface area contributed by atoms with E-state index in [-0.39, 0.29) is 11.8 Å². The van der Waals surface area contributed by atoms with Gasteiger partial charge < -0.3 is 10.6 Å². The van der Waals surface area contributed by atoms with Crippen molar-refractivity contribution in [2.75, 3.05) is 20.6 Å². The van der Waals surface area contributed by atoms with Crippen molar-refractivity contribution >= 4 is 21.7 Å². The lowest BCUT2D eigenvalue weighted by molar-refractivity contribution is 0.0961. The van der Waals surface area contributed by atoms with Crippen LogP contribution < -0.4 is 5.73 Å². The number of likely N-dealkylation sites (N-methyl/N-ethyl adjacent to an activating group) is 1. The molecule has 5 nitrogen and oxygen atoms in total. The smallest absolute Gasteiger partial charge is 0.183 e. The van der Waals surface area contributed by atoms with E-state index in [1.807, 2.05) is 21.0 Å². The van der Waals surface area contributed by atoms with Crippen LogP contribution >= 0.6 is 15.9 Å². The minimum absolute atomic E-state index is 0.0486. The fourth-order valence-electron chi connectivity index (χ4n) is 1.58. The van der Waals surface area contributed by atoms with Crippen LogP contribution in [-0.4, -0.2) is 47.1 Å². The van der Waals surface area contributed by atoms with Gasteiger partial charge in [-0.1, -0.05) is 6.92 Å². The Morgan fingerprint density at radius 1 is 1.61 bits per heavy atom. The van der Waals surface area contributed by atoms with E-state index in [0.29, 0.717) is 18.7 Å². The van der Waals surface area contributed by atoms with Crippen LogP contribution in [0.5, 0.6) is 0 Å². The third-order valence-electron chi connectivity index (χ3n) is 2.79. The molecular formula is C12H21BrN4O. The first kappa shape index (κ1) is 15.3. The van der Waals surface area contributed by atoms with Gasteiger partial charge in [0.25, 0.3) is 0 Å². The summed E-state index contributed by atoms with van der Waals surface area (Å²) in [4.78, 5) is 14.2. The largest absolute Gasteiger partial charge is 0.327 e. The molecule has 2 N–H and O–H groups in total. The second-order valence-electron chi connectivity index (χ2n) is 4.66. The number of aromatic nitrogens is 2. The van der Waals surface area contributed by atoms with Gasteiger partial charge in [-0.05, 0) is 36.4 Å². The molecule has 6 heteroatoms. The van der Waals surface area contributed by atoms with Crippen molar-refractivity contribution in [3.8, 4) is 0 Å². The summed E-state index contributed by atoms with van der Waals surface area (Å²) in [7, 11) is 3.99. The molecule has 1 atom stereocenters. The highest BCUT2D eigenvalue weighted by molar-refractivity contribution is 9.10. The van der Waals surface area contributed by atoms with Gasteiger partial charge in [0.15, 0.2) is 5.78 Å². The van der Waals surface area contributed by atoms with Gasteiger partial charge in [0.2, 0.25) is 0 Å². The minimum atomic E-state index is -0.0819. The minimum Gasteiger partial charge on any atom is -0.327 e. The molecule has 18 heavy (non-hydrogen) atoms. The third-order valence-corrected chi connectivity index (χ3v) is 3.37. The van der Waals surface area contributed by atoms with Crippen LogP contribution in [0.2, 0.25) is 0 Å². The second kappa shape index (κ2) is 7.01. The zero-order valence-electron chi connectivity index (χ0n) is 11.2. The van der Waals surface area contributed by atoms with Gasteiger partial charge in [0, 0.05) is 19.0 Å². The first-order valence-electron chi connectivity index (χ1n) is 6.10. The summed E-state index contributed by atoms with van der Waals surface area (Å²) < 4.78 is 2.49. The standard InChI is InChI=1S/C12H21BrN4O/c1-4-9(14)7-11(18)12-10(13)8-15-17(12)6-5-16(2)3/h8-9H,4-7,14H2,1-3H3. The van der Waals surface area contributed by atoms with Crippen molar-refractivity contribution < 1.29 is 4.79 Å². The number of carbonyl (C=O) groups is 1. The maximum Gasteiger partial charge on any atom is 0.183 e. The van der Waals surface area contributed by atoms with Crippen molar-refractivity contribution in [2.45, 2.75) is 32.4 Å². The van der Waals surface area contributed by atoms with Crippen LogP contribution in [0.1, 0.15) is 30.3 Å². The van der Waals surface area contributed by atoms with Crippen molar-refractivity contribution in [1.82, 2.24) is 14.7 Å². The van der Waals surface area contributed by atoms with Crippen LogP contribution in [-0.2, 0) is 6.54 Å². The fraction of sp³-hybridized carbons (Fsp3) is 0.667. The van der Waals surface area contributed by atoms with E-state index in [2.05, 4.69) is 25.9 Å². The lowest BCUT2D eigenvalue weighted by Crippen LogP contribution is -2.26. The van der Waals surface area contributed by atoms with Crippen LogP contribution in [0, 0.1) is 0 Å². The van der Waals surface area contributed by atoms with Crippen molar-refractivity contribution in [2.24, 2.45) is 5.73 Å². The number of hydrogen-bond acceptors (Lipinski definition) is 4. The summed E-state index contributed by atoms with van der Waals surface area (Å²) in [5, 5.41) is 4.22. The summed E-state index contributed by atoms with van der Waals surface area (Å²) in [6, 6.07) is -0.0819. The number of ketones is 1. The van der Waals surface area contributed by atoms with Crippen molar-refractivity contribution in [3.05, 3.63) is 16.4 Å². The molecule has 0 bridgehead atoms. The third kappa shape index (κ3) is 4.19. The van der Waals surface area contributed by atoms with Gasteiger partial charge in [-0.3, -0.25) is 9.48 Å². The van der Waals surface area contributed by atoms with E-state index >= 15 is 0 Å². The molecule has 0 aliphatic rings. The molecule has 0 radical (unpaired) electrons. The Hall–Kier alpha value is -0.720. The molecule has 0 fully saturated rings. The molecule has 1 aromatic rings. The Bertz CT molecular complexity index is 403. The molecule has 102 valence electrons. The molecule has 0 saturated heterocycles. The van der Waals surface area contributed by atoms with Crippen LogP contribution in [0.15, 0.2) is 10.7 Å². The molecule has 1 unspecified atom stereocenters. The number of rotatable bonds is 7. The number of carbonyl (C=O) groups excluding carboxylic acids is 1. The first-order chi connectivity index (χ1) is 8.45. The molecule has 0 saturated carbocycles. The zero-order valence-corrected chi connectivity index (χ0v) is 12.8. The Morgan fingerprint density at radius 2 is 2.28 bits per heavy atom. The van der Waals surface area contributed by atoms with E-state index in [0.717, 1.165) is 17.4 Å². The number of halogens is 1. The number of nitrogens with two attached hydrogens (primary N) is 1. The maximum absolute atomic E-state index is 12.2. The lowest BCUT2D eigenvalue weighted by atomic mass is 10.1. The molecule has 1 rings (SSSR count). The molecule has 0 spiro atoms. The van der Waals surface area contributed by atoms with Gasteiger partial charge >= 0.3 is 0 Å². The van der Waals surface area contributed by atoms with E-state index < -0.39 is 0 Å². The van der Waals surface area contributed by atoms with Gasteiger partial charge in [-0.25, -0.2) is 0 Å². The summed E-state index contributed by atoms with van der Waals surface area (Å²) >= 11 is 3.38. The predicted molar refractivity (Wildman–Crippen MR) is 75.7 cm³/mol. The van der Waals surface area contributed by atoms with E-state index in [1.54, 1.807) is 10.9 Å². The average molecular weight is 317 g/mol. The monoisotopic (exact) mass is 316 g/mol. The molecule has 0 aromatic carbocycles. The Balaban J connectivity index is 2.80.